The number of hydrogen-bond donors (Lipinski definition) is 0. The highest BCUT2D eigenvalue weighted by atomic mass is 16.5. The minimum absolute atomic E-state index is 0.733. The summed E-state index contributed by atoms with van der Waals surface area (Å²) in [6, 6.07) is 12.1. The number of benzene rings is 1. The van der Waals surface area contributed by atoms with Gasteiger partial charge in [-0.2, -0.15) is 5.10 Å². The van der Waals surface area contributed by atoms with E-state index >= 15 is 0 Å². The Morgan fingerprint density at radius 2 is 2.00 bits per heavy atom. The second kappa shape index (κ2) is 5.93. The molecule has 0 aliphatic heterocycles. The van der Waals surface area contributed by atoms with E-state index in [0.29, 0.717) is 0 Å². The van der Waals surface area contributed by atoms with Crippen LogP contribution in [0.15, 0.2) is 53.3 Å². The minimum Gasteiger partial charge on any atom is -0.360 e. The summed E-state index contributed by atoms with van der Waals surface area (Å²) in [5.41, 5.74) is 3.14. The zero-order valence-corrected chi connectivity index (χ0v) is 12.2. The Labute approximate surface area is 123 Å². The van der Waals surface area contributed by atoms with E-state index in [1.165, 1.54) is 0 Å². The Kier molecular flexibility index (Phi) is 3.83. The molecule has 0 bridgehead atoms. The average Bonchev–Trinajstić information content (AvgIpc) is 3.09. The van der Waals surface area contributed by atoms with Crippen LogP contribution in [-0.2, 0) is 13.1 Å². The third-order valence-electron chi connectivity index (χ3n) is 3.21. The van der Waals surface area contributed by atoms with Crippen molar-refractivity contribution >= 4 is 0 Å². The quantitative estimate of drug-likeness (QED) is 0.722. The van der Waals surface area contributed by atoms with Gasteiger partial charge in [0.1, 0.15) is 0 Å². The molecule has 1 aromatic carbocycles. The van der Waals surface area contributed by atoms with Gasteiger partial charge in [0.25, 0.3) is 0 Å². The van der Waals surface area contributed by atoms with E-state index in [2.05, 4.69) is 28.4 Å². The Hall–Kier alpha value is -2.40. The van der Waals surface area contributed by atoms with Crippen molar-refractivity contribution in [1.29, 1.82) is 0 Å². The smallest absolute Gasteiger partial charge is 0.150 e. The van der Waals surface area contributed by atoms with E-state index in [0.717, 1.165) is 35.8 Å². The van der Waals surface area contributed by atoms with E-state index < -0.39 is 0 Å². The van der Waals surface area contributed by atoms with Gasteiger partial charge in [0.2, 0.25) is 0 Å². The van der Waals surface area contributed by atoms with E-state index in [-0.39, 0.29) is 0 Å². The second-order valence-electron chi connectivity index (χ2n) is 5.24. The third kappa shape index (κ3) is 3.38. The number of rotatable bonds is 5. The van der Waals surface area contributed by atoms with Crippen LogP contribution in [0.4, 0.5) is 0 Å². The van der Waals surface area contributed by atoms with Gasteiger partial charge in [-0.25, -0.2) is 4.68 Å². The van der Waals surface area contributed by atoms with Crippen LogP contribution in [0.1, 0.15) is 17.0 Å². The molecule has 2 heterocycles. The van der Waals surface area contributed by atoms with E-state index in [1.807, 2.05) is 54.2 Å². The molecule has 0 amide bonds. The van der Waals surface area contributed by atoms with Gasteiger partial charge >= 0.3 is 0 Å². The summed E-state index contributed by atoms with van der Waals surface area (Å²) in [6.07, 6.45) is 3.95. The van der Waals surface area contributed by atoms with Crippen molar-refractivity contribution in [3.8, 4) is 5.69 Å². The molecule has 0 spiro atoms. The van der Waals surface area contributed by atoms with Crippen LogP contribution in [0.5, 0.6) is 0 Å². The molecule has 2 aromatic heterocycles. The van der Waals surface area contributed by atoms with Gasteiger partial charge in [0, 0.05) is 24.4 Å². The molecule has 0 saturated heterocycles. The molecule has 5 heteroatoms. The molecule has 3 aromatic rings. The summed E-state index contributed by atoms with van der Waals surface area (Å²) < 4.78 is 7.13. The number of para-hydroxylation sites is 1. The number of hydrogen-bond acceptors (Lipinski definition) is 4. The maximum absolute atomic E-state index is 5.23. The minimum atomic E-state index is 0.733. The Morgan fingerprint density at radius 3 is 2.71 bits per heavy atom. The standard InChI is InChI=1S/C16H18N4O/c1-13-8-16(21-18-13)12-19(2)10-14-9-17-20(11-14)15-6-4-3-5-7-15/h3-9,11H,10,12H2,1-2H3. The lowest BCUT2D eigenvalue weighted by Gasteiger charge is -2.12. The summed E-state index contributed by atoms with van der Waals surface area (Å²) in [4.78, 5) is 2.17. The lowest BCUT2D eigenvalue weighted by Crippen LogP contribution is -2.16. The van der Waals surface area contributed by atoms with Gasteiger partial charge in [-0.1, -0.05) is 23.4 Å². The number of aromatic nitrogens is 3. The molecule has 3 rings (SSSR count). The molecule has 0 aliphatic rings. The predicted molar refractivity (Wildman–Crippen MR) is 80.0 cm³/mol. The summed E-state index contributed by atoms with van der Waals surface area (Å²) in [5.74, 6) is 0.880. The second-order valence-corrected chi connectivity index (χ2v) is 5.24. The summed E-state index contributed by atoms with van der Waals surface area (Å²) in [5, 5.41) is 8.31. The first-order valence-electron chi connectivity index (χ1n) is 6.90. The van der Waals surface area contributed by atoms with E-state index in [1.54, 1.807) is 0 Å². The van der Waals surface area contributed by atoms with Gasteiger partial charge < -0.3 is 4.52 Å². The highest BCUT2D eigenvalue weighted by Crippen LogP contribution is 2.11. The monoisotopic (exact) mass is 282 g/mol. The molecular weight excluding hydrogens is 264 g/mol. The fraction of sp³-hybridized carbons (Fsp3) is 0.250. The van der Waals surface area contributed by atoms with Gasteiger partial charge in [-0.3, -0.25) is 4.90 Å². The molecule has 0 fully saturated rings. The van der Waals surface area contributed by atoms with Gasteiger partial charge in [-0.15, -0.1) is 0 Å². The fourth-order valence-electron chi connectivity index (χ4n) is 2.29. The summed E-state index contributed by atoms with van der Waals surface area (Å²) in [6.45, 7) is 3.47. The molecule has 21 heavy (non-hydrogen) atoms. The highest BCUT2D eigenvalue weighted by Gasteiger charge is 2.08. The zero-order chi connectivity index (χ0) is 14.7. The van der Waals surface area contributed by atoms with Gasteiger partial charge in [0.05, 0.1) is 24.1 Å². The Morgan fingerprint density at radius 1 is 1.19 bits per heavy atom. The lowest BCUT2D eigenvalue weighted by molar-refractivity contribution is 0.266. The largest absolute Gasteiger partial charge is 0.360 e. The molecule has 5 nitrogen and oxygen atoms in total. The van der Waals surface area contributed by atoms with Crippen molar-refractivity contribution in [2.45, 2.75) is 20.0 Å². The van der Waals surface area contributed by atoms with Crippen molar-refractivity contribution in [2.75, 3.05) is 7.05 Å². The first-order valence-corrected chi connectivity index (χ1v) is 6.90. The summed E-state index contributed by atoms with van der Waals surface area (Å²) in [7, 11) is 2.05. The number of nitrogens with zero attached hydrogens (tertiary/aromatic N) is 4. The van der Waals surface area contributed by atoms with Crippen LogP contribution in [-0.4, -0.2) is 26.9 Å². The van der Waals surface area contributed by atoms with Gasteiger partial charge in [0.15, 0.2) is 5.76 Å². The van der Waals surface area contributed by atoms with E-state index in [9.17, 15) is 0 Å². The van der Waals surface area contributed by atoms with Crippen molar-refractivity contribution in [1.82, 2.24) is 19.8 Å². The van der Waals surface area contributed by atoms with Crippen LogP contribution in [0.25, 0.3) is 5.69 Å². The zero-order valence-electron chi connectivity index (χ0n) is 12.2. The molecule has 0 saturated carbocycles. The lowest BCUT2D eigenvalue weighted by atomic mass is 10.3. The molecular formula is C16H18N4O. The van der Waals surface area contributed by atoms with Crippen LogP contribution in [0, 0.1) is 6.92 Å². The average molecular weight is 282 g/mol. The number of aryl methyl sites for hydroxylation is 1. The van der Waals surface area contributed by atoms with Crippen LogP contribution in [0.3, 0.4) is 0 Å². The maximum atomic E-state index is 5.23. The van der Waals surface area contributed by atoms with Crippen LogP contribution >= 0.6 is 0 Å². The topological polar surface area (TPSA) is 47.1 Å². The van der Waals surface area contributed by atoms with Crippen LogP contribution < -0.4 is 0 Å². The third-order valence-corrected chi connectivity index (χ3v) is 3.21. The van der Waals surface area contributed by atoms with Crippen molar-refractivity contribution < 1.29 is 4.52 Å². The molecule has 0 unspecified atom stereocenters. The molecule has 108 valence electrons. The Bertz CT molecular complexity index is 702. The Balaban J connectivity index is 1.64. The van der Waals surface area contributed by atoms with Crippen molar-refractivity contribution in [3.63, 3.8) is 0 Å². The van der Waals surface area contributed by atoms with E-state index in [4.69, 9.17) is 4.52 Å². The fourth-order valence-corrected chi connectivity index (χ4v) is 2.29. The molecule has 0 aliphatic carbocycles. The van der Waals surface area contributed by atoms with Crippen molar-refractivity contribution in [2.24, 2.45) is 0 Å². The van der Waals surface area contributed by atoms with Crippen molar-refractivity contribution in [3.05, 3.63) is 65.8 Å². The normalized spacial score (nSPS) is 11.2. The maximum Gasteiger partial charge on any atom is 0.150 e. The molecule has 0 N–H and O–H groups in total. The van der Waals surface area contributed by atoms with Crippen LogP contribution in [0.2, 0.25) is 0 Å². The SMILES string of the molecule is Cc1cc(CN(C)Cc2cnn(-c3ccccc3)c2)on1. The first kappa shape index (κ1) is 13.6. The predicted octanol–water partition coefficient (Wildman–Crippen LogP) is 2.80. The summed E-state index contributed by atoms with van der Waals surface area (Å²) >= 11 is 0. The molecule has 0 radical (unpaired) electrons. The molecule has 0 atom stereocenters. The van der Waals surface area contributed by atoms with Gasteiger partial charge in [-0.05, 0) is 26.1 Å². The first-order chi connectivity index (χ1) is 10.2. The highest BCUT2D eigenvalue weighted by molar-refractivity contribution is 5.30.